The Balaban J connectivity index is 1.74. The van der Waals surface area contributed by atoms with E-state index in [-0.39, 0.29) is 18.7 Å². The second kappa shape index (κ2) is 5.99. The average Bonchev–Trinajstić information content (AvgIpc) is 3.14. The molecule has 0 radical (unpaired) electrons. The van der Waals surface area contributed by atoms with Gasteiger partial charge in [-0.05, 0) is 31.9 Å². The molecule has 0 N–H and O–H groups in total. The summed E-state index contributed by atoms with van der Waals surface area (Å²) >= 11 is 1.24. The number of piperidine rings is 1. The lowest BCUT2D eigenvalue weighted by Crippen LogP contribution is -2.44. The zero-order valence-electron chi connectivity index (χ0n) is 12.4. The number of carbonyl (C=O) groups is 1. The Morgan fingerprint density at radius 3 is 2.87 bits per heavy atom. The van der Waals surface area contributed by atoms with Gasteiger partial charge in [-0.25, -0.2) is 4.98 Å². The second-order valence-corrected chi connectivity index (χ2v) is 6.44. The van der Waals surface area contributed by atoms with Crippen molar-refractivity contribution < 1.29 is 22.4 Å². The van der Waals surface area contributed by atoms with Gasteiger partial charge >= 0.3 is 6.18 Å². The SMILES string of the molecule is Cc1ccc(-c2nc(C(=O)N3CCCC(C(F)(F)F)C3)cs2)o1. The first-order valence-electron chi connectivity index (χ1n) is 7.23. The van der Waals surface area contributed by atoms with Crippen molar-refractivity contribution in [3.63, 3.8) is 0 Å². The number of hydrogen-bond donors (Lipinski definition) is 0. The molecule has 1 saturated heterocycles. The quantitative estimate of drug-likeness (QED) is 0.823. The highest BCUT2D eigenvalue weighted by atomic mass is 32.1. The van der Waals surface area contributed by atoms with Crippen molar-refractivity contribution in [3.05, 3.63) is 29.0 Å². The molecule has 23 heavy (non-hydrogen) atoms. The largest absolute Gasteiger partial charge is 0.459 e. The van der Waals surface area contributed by atoms with Crippen LogP contribution in [0.4, 0.5) is 13.2 Å². The van der Waals surface area contributed by atoms with Gasteiger partial charge in [0.15, 0.2) is 10.8 Å². The second-order valence-electron chi connectivity index (χ2n) is 5.58. The Bertz CT molecular complexity index is 708. The highest BCUT2D eigenvalue weighted by Gasteiger charge is 2.43. The average molecular weight is 344 g/mol. The third kappa shape index (κ3) is 3.41. The lowest BCUT2D eigenvalue weighted by atomic mass is 9.97. The highest BCUT2D eigenvalue weighted by molar-refractivity contribution is 7.13. The third-order valence-electron chi connectivity index (χ3n) is 3.85. The van der Waals surface area contributed by atoms with Crippen LogP contribution in [0.2, 0.25) is 0 Å². The molecule has 2 aromatic heterocycles. The lowest BCUT2D eigenvalue weighted by molar-refractivity contribution is -0.184. The minimum atomic E-state index is -4.27. The van der Waals surface area contributed by atoms with Crippen LogP contribution in [0.3, 0.4) is 0 Å². The van der Waals surface area contributed by atoms with Gasteiger partial charge in [0.05, 0.1) is 5.92 Å². The number of rotatable bonds is 2. The molecule has 1 fully saturated rings. The topological polar surface area (TPSA) is 46.3 Å². The normalized spacial score (nSPS) is 19.1. The summed E-state index contributed by atoms with van der Waals surface area (Å²) in [5.41, 5.74) is 0.168. The van der Waals surface area contributed by atoms with Gasteiger partial charge in [-0.1, -0.05) is 0 Å². The predicted octanol–water partition coefficient (Wildman–Crippen LogP) is 4.13. The van der Waals surface area contributed by atoms with E-state index < -0.39 is 18.0 Å². The smallest absolute Gasteiger partial charge is 0.393 e. The van der Waals surface area contributed by atoms with E-state index in [4.69, 9.17) is 4.42 Å². The van der Waals surface area contributed by atoms with E-state index in [1.54, 1.807) is 24.4 Å². The number of halogens is 3. The van der Waals surface area contributed by atoms with Crippen LogP contribution < -0.4 is 0 Å². The number of nitrogens with zero attached hydrogens (tertiary/aromatic N) is 2. The van der Waals surface area contributed by atoms with Gasteiger partial charge in [0, 0.05) is 18.5 Å². The Kier molecular flexibility index (Phi) is 4.18. The van der Waals surface area contributed by atoms with Crippen molar-refractivity contribution in [3.8, 4) is 10.8 Å². The zero-order chi connectivity index (χ0) is 16.6. The Morgan fingerprint density at radius 1 is 1.43 bits per heavy atom. The predicted molar refractivity (Wildman–Crippen MR) is 79.2 cm³/mol. The Morgan fingerprint density at radius 2 is 2.22 bits per heavy atom. The summed E-state index contributed by atoms with van der Waals surface area (Å²) in [6, 6.07) is 3.54. The van der Waals surface area contributed by atoms with Crippen LogP contribution in [0.15, 0.2) is 21.9 Å². The molecule has 2 aromatic rings. The molecular formula is C15H15F3N2O2S. The van der Waals surface area contributed by atoms with E-state index in [0.717, 1.165) is 5.76 Å². The number of aromatic nitrogens is 1. The van der Waals surface area contributed by atoms with Gasteiger partial charge in [-0.3, -0.25) is 4.79 Å². The van der Waals surface area contributed by atoms with E-state index in [9.17, 15) is 18.0 Å². The summed E-state index contributed by atoms with van der Waals surface area (Å²) in [5.74, 6) is -0.624. The lowest BCUT2D eigenvalue weighted by Gasteiger charge is -2.33. The molecule has 0 aromatic carbocycles. The van der Waals surface area contributed by atoms with Crippen molar-refractivity contribution >= 4 is 17.2 Å². The molecule has 124 valence electrons. The molecule has 1 aliphatic rings. The Hall–Kier alpha value is -1.83. The molecule has 1 amide bonds. The molecule has 3 rings (SSSR count). The maximum atomic E-state index is 12.8. The number of thiazole rings is 1. The first kappa shape index (κ1) is 16.0. The van der Waals surface area contributed by atoms with Crippen molar-refractivity contribution in [2.24, 2.45) is 5.92 Å². The molecule has 1 unspecified atom stereocenters. The number of aryl methyl sites for hydroxylation is 1. The third-order valence-corrected chi connectivity index (χ3v) is 4.70. The van der Waals surface area contributed by atoms with Gasteiger partial charge in [0.2, 0.25) is 0 Å². The molecular weight excluding hydrogens is 329 g/mol. The number of alkyl halides is 3. The van der Waals surface area contributed by atoms with Crippen LogP contribution in [0.25, 0.3) is 10.8 Å². The van der Waals surface area contributed by atoms with Gasteiger partial charge < -0.3 is 9.32 Å². The summed E-state index contributed by atoms with van der Waals surface area (Å²) in [7, 11) is 0. The van der Waals surface area contributed by atoms with Crippen LogP contribution in [0, 0.1) is 12.8 Å². The van der Waals surface area contributed by atoms with Crippen LogP contribution in [-0.4, -0.2) is 35.1 Å². The molecule has 4 nitrogen and oxygen atoms in total. The molecule has 8 heteroatoms. The van der Waals surface area contributed by atoms with E-state index >= 15 is 0 Å². The van der Waals surface area contributed by atoms with Gasteiger partial charge in [0.25, 0.3) is 5.91 Å². The highest BCUT2D eigenvalue weighted by Crippen LogP contribution is 2.34. The summed E-state index contributed by atoms with van der Waals surface area (Å²) in [6.45, 7) is 1.83. The molecule has 0 spiro atoms. The maximum absolute atomic E-state index is 12.8. The standard InChI is InChI=1S/C15H15F3N2O2S/c1-9-4-5-12(22-9)13-19-11(8-23-13)14(21)20-6-2-3-10(7-20)15(16,17)18/h4-5,8,10H,2-3,6-7H2,1H3. The van der Waals surface area contributed by atoms with Crippen molar-refractivity contribution in [2.75, 3.05) is 13.1 Å². The molecule has 1 aliphatic heterocycles. The first-order valence-corrected chi connectivity index (χ1v) is 8.11. The number of amides is 1. The number of likely N-dealkylation sites (tertiary alicyclic amines) is 1. The maximum Gasteiger partial charge on any atom is 0.393 e. The molecule has 0 bridgehead atoms. The summed E-state index contributed by atoms with van der Waals surface area (Å²) in [5, 5.41) is 2.11. The summed E-state index contributed by atoms with van der Waals surface area (Å²) in [6.07, 6.45) is -3.84. The first-order chi connectivity index (χ1) is 10.8. The van der Waals surface area contributed by atoms with Crippen molar-refractivity contribution in [2.45, 2.75) is 25.9 Å². The molecule has 1 atom stereocenters. The number of furan rings is 1. The van der Waals surface area contributed by atoms with E-state index in [0.29, 0.717) is 23.7 Å². The zero-order valence-corrected chi connectivity index (χ0v) is 13.2. The molecule has 0 aliphatic carbocycles. The van der Waals surface area contributed by atoms with Gasteiger partial charge in [-0.2, -0.15) is 13.2 Å². The minimum absolute atomic E-state index is 0.0707. The molecule has 3 heterocycles. The van der Waals surface area contributed by atoms with Gasteiger partial charge in [-0.15, -0.1) is 11.3 Å². The van der Waals surface area contributed by atoms with E-state index in [1.165, 1.54) is 16.2 Å². The van der Waals surface area contributed by atoms with E-state index in [2.05, 4.69) is 4.98 Å². The Labute approximate surface area is 134 Å². The summed E-state index contributed by atoms with van der Waals surface area (Å²) < 4.78 is 44.0. The van der Waals surface area contributed by atoms with Crippen LogP contribution in [0.5, 0.6) is 0 Å². The van der Waals surface area contributed by atoms with E-state index in [1.807, 2.05) is 0 Å². The number of hydrogen-bond acceptors (Lipinski definition) is 4. The van der Waals surface area contributed by atoms with Gasteiger partial charge in [0.1, 0.15) is 11.5 Å². The fourth-order valence-electron chi connectivity index (χ4n) is 2.63. The van der Waals surface area contributed by atoms with Crippen LogP contribution >= 0.6 is 11.3 Å². The van der Waals surface area contributed by atoms with Crippen molar-refractivity contribution in [1.29, 1.82) is 0 Å². The fourth-order valence-corrected chi connectivity index (χ4v) is 3.38. The van der Waals surface area contributed by atoms with Crippen LogP contribution in [0.1, 0.15) is 29.1 Å². The fraction of sp³-hybridized carbons (Fsp3) is 0.467. The summed E-state index contributed by atoms with van der Waals surface area (Å²) in [4.78, 5) is 17.8. The minimum Gasteiger partial charge on any atom is -0.459 e. The monoisotopic (exact) mass is 344 g/mol. The van der Waals surface area contributed by atoms with Crippen LogP contribution in [-0.2, 0) is 0 Å². The number of carbonyl (C=O) groups excluding carboxylic acids is 1. The molecule has 0 saturated carbocycles. The van der Waals surface area contributed by atoms with Crippen molar-refractivity contribution in [1.82, 2.24) is 9.88 Å².